The van der Waals surface area contributed by atoms with Gasteiger partial charge in [0.05, 0.1) is 0 Å². The molecule has 0 aromatic heterocycles. The van der Waals surface area contributed by atoms with E-state index in [1.807, 2.05) is 0 Å². The standard InChI is InChI=1S/C11H5F17O/c1-3(12)5(15,16)7(19,20)9(23,24)11(27,28)10(25,26)8(21,22)6(17,18)4(13,14)2-29/h2-3H,1H3. The van der Waals surface area contributed by atoms with Crippen LogP contribution in [0.2, 0.25) is 0 Å². The fourth-order valence-electron chi connectivity index (χ4n) is 1.53. The van der Waals surface area contributed by atoms with Gasteiger partial charge >= 0.3 is 47.4 Å². The van der Waals surface area contributed by atoms with E-state index in [4.69, 9.17) is 0 Å². The minimum atomic E-state index is -8.62. The summed E-state index contributed by atoms with van der Waals surface area (Å²) >= 11 is 0. The van der Waals surface area contributed by atoms with Crippen LogP contribution in [-0.4, -0.2) is 59.8 Å². The van der Waals surface area contributed by atoms with E-state index in [1.165, 1.54) is 0 Å². The van der Waals surface area contributed by atoms with Crippen molar-refractivity contribution in [3.63, 3.8) is 0 Å². The zero-order chi connectivity index (χ0) is 24.3. The maximum Gasteiger partial charge on any atom is 0.385 e. The van der Waals surface area contributed by atoms with Crippen LogP contribution in [0, 0.1) is 0 Å². The third-order valence-electron chi connectivity index (χ3n) is 3.46. The lowest BCUT2D eigenvalue weighted by atomic mass is 9.87. The number of carbonyl (C=O) groups is 1. The molecule has 1 atom stereocenters. The second-order valence-corrected chi connectivity index (χ2v) is 5.43. The van der Waals surface area contributed by atoms with Crippen LogP contribution in [0.4, 0.5) is 74.6 Å². The van der Waals surface area contributed by atoms with Crippen LogP contribution in [0.3, 0.4) is 0 Å². The first-order valence-electron chi connectivity index (χ1n) is 6.38. The maximum atomic E-state index is 13.2. The lowest BCUT2D eigenvalue weighted by Crippen LogP contribution is -2.75. The van der Waals surface area contributed by atoms with Gasteiger partial charge < -0.3 is 0 Å². The van der Waals surface area contributed by atoms with Crippen LogP contribution in [-0.2, 0) is 4.79 Å². The molecule has 0 bridgehead atoms. The number of halogens is 17. The molecule has 0 radical (unpaired) electrons. The van der Waals surface area contributed by atoms with E-state index in [9.17, 15) is 79.4 Å². The van der Waals surface area contributed by atoms with Gasteiger partial charge in [0.25, 0.3) is 0 Å². The molecule has 0 N–H and O–H groups in total. The van der Waals surface area contributed by atoms with Crippen molar-refractivity contribution in [2.75, 3.05) is 0 Å². The average Bonchev–Trinajstić information content (AvgIpc) is 2.53. The van der Waals surface area contributed by atoms with Crippen LogP contribution in [0.25, 0.3) is 0 Å². The lowest BCUT2D eigenvalue weighted by Gasteiger charge is -2.43. The Kier molecular flexibility index (Phi) is 6.39. The summed E-state index contributed by atoms with van der Waals surface area (Å²) in [7, 11) is 0. The Bertz CT molecular complexity index is 619. The number of alkyl halides is 17. The summed E-state index contributed by atoms with van der Waals surface area (Å²) in [5.74, 6) is -63.8. The molecular formula is C11H5F17O. The van der Waals surface area contributed by atoms with E-state index in [1.54, 1.807) is 0 Å². The Labute approximate surface area is 147 Å². The summed E-state index contributed by atoms with van der Waals surface area (Å²) in [6.07, 6.45) is -6.99. The van der Waals surface area contributed by atoms with Gasteiger partial charge in [-0.3, -0.25) is 4.79 Å². The molecule has 1 nitrogen and oxygen atoms in total. The topological polar surface area (TPSA) is 17.1 Å². The first kappa shape index (κ1) is 27.5. The molecule has 0 aliphatic rings. The zero-order valence-corrected chi connectivity index (χ0v) is 13.0. The molecule has 0 heterocycles. The fraction of sp³-hybridized carbons (Fsp3) is 0.909. The predicted molar refractivity (Wildman–Crippen MR) is 56.2 cm³/mol. The van der Waals surface area contributed by atoms with Crippen molar-refractivity contribution < 1.29 is 79.4 Å². The molecule has 1 unspecified atom stereocenters. The second kappa shape index (κ2) is 6.75. The highest BCUT2D eigenvalue weighted by molar-refractivity contribution is 5.62. The molecule has 0 aromatic carbocycles. The van der Waals surface area contributed by atoms with Crippen molar-refractivity contribution in [3.05, 3.63) is 0 Å². The van der Waals surface area contributed by atoms with Crippen LogP contribution in [0.5, 0.6) is 0 Å². The highest BCUT2D eigenvalue weighted by atomic mass is 19.4. The first-order chi connectivity index (χ1) is 12.3. The smallest absolute Gasteiger partial charge is 0.296 e. The molecule has 0 saturated carbocycles. The summed E-state index contributed by atoms with van der Waals surface area (Å²) < 4.78 is 220. The minimum absolute atomic E-state index is 0.673. The number of hydrogen-bond donors (Lipinski definition) is 0. The molecular weight excluding hydrogens is 471 g/mol. The van der Waals surface area contributed by atoms with Gasteiger partial charge in [0, 0.05) is 0 Å². The summed E-state index contributed by atoms with van der Waals surface area (Å²) in [6.45, 7) is -0.673. The van der Waals surface area contributed by atoms with Crippen molar-refractivity contribution in [2.24, 2.45) is 0 Å². The second-order valence-electron chi connectivity index (χ2n) is 5.43. The van der Waals surface area contributed by atoms with Gasteiger partial charge in [-0.1, -0.05) is 0 Å². The van der Waals surface area contributed by atoms with Gasteiger partial charge in [-0.15, -0.1) is 0 Å². The minimum Gasteiger partial charge on any atom is -0.296 e. The average molecular weight is 476 g/mol. The summed E-state index contributed by atoms with van der Waals surface area (Å²) in [4.78, 5) is 9.65. The normalized spacial score (nSPS) is 17.3. The van der Waals surface area contributed by atoms with E-state index >= 15 is 0 Å². The van der Waals surface area contributed by atoms with E-state index in [0.717, 1.165) is 0 Å². The van der Waals surface area contributed by atoms with Crippen molar-refractivity contribution in [1.82, 2.24) is 0 Å². The summed E-state index contributed by atoms with van der Waals surface area (Å²) in [5.41, 5.74) is 0. The lowest BCUT2D eigenvalue weighted by molar-refractivity contribution is -0.452. The third-order valence-corrected chi connectivity index (χ3v) is 3.46. The number of carbonyl (C=O) groups excluding carboxylic acids is 1. The highest BCUT2D eigenvalue weighted by Crippen LogP contribution is 2.63. The van der Waals surface area contributed by atoms with Crippen molar-refractivity contribution in [2.45, 2.75) is 60.5 Å². The summed E-state index contributed by atoms with van der Waals surface area (Å²) in [6, 6.07) is 0. The molecule has 0 aromatic rings. The summed E-state index contributed by atoms with van der Waals surface area (Å²) in [5, 5.41) is 0. The fourth-order valence-corrected chi connectivity index (χ4v) is 1.53. The van der Waals surface area contributed by atoms with Crippen molar-refractivity contribution >= 4 is 6.29 Å². The molecule has 174 valence electrons. The van der Waals surface area contributed by atoms with Crippen LogP contribution >= 0.6 is 0 Å². The number of hydrogen-bond acceptors (Lipinski definition) is 1. The van der Waals surface area contributed by atoms with E-state index in [0.29, 0.717) is 0 Å². The number of aldehydes is 1. The molecule has 0 aliphatic carbocycles. The van der Waals surface area contributed by atoms with E-state index in [2.05, 4.69) is 0 Å². The quantitative estimate of drug-likeness (QED) is 0.312. The van der Waals surface area contributed by atoms with Gasteiger partial charge in [-0.25, -0.2) is 4.39 Å². The molecule has 18 heteroatoms. The predicted octanol–water partition coefficient (Wildman–Crippen LogP) is 5.63. The van der Waals surface area contributed by atoms with Gasteiger partial charge in [-0.2, -0.15) is 70.2 Å². The van der Waals surface area contributed by atoms with Gasteiger partial charge in [0.15, 0.2) is 12.5 Å². The van der Waals surface area contributed by atoms with Crippen molar-refractivity contribution in [3.8, 4) is 0 Å². The van der Waals surface area contributed by atoms with E-state index in [-0.39, 0.29) is 0 Å². The number of rotatable bonds is 9. The Morgan fingerprint density at radius 2 is 0.759 bits per heavy atom. The largest absolute Gasteiger partial charge is 0.385 e. The highest BCUT2D eigenvalue weighted by Gasteiger charge is 2.95. The Morgan fingerprint density at radius 3 is 1.00 bits per heavy atom. The SMILES string of the molecule is CC(F)C(F)(F)C(F)(F)C(F)(F)C(F)(F)C(F)(F)C(F)(F)C(F)(F)C(F)(F)C=O. The van der Waals surface area contributed by atoms with Crippen LogP contribution < -0.4 is 0 Å². The molecule has 0 rings (SSSR count). The van der Waals surface area contributed by atoms with Crippen LogP contribution in [0.1, 0.15) is 6.92 Å². The monoisotopic (exact) mass is 476 g/mol. The third kappa shape index (κ3) is 3.19. The zero-order valence-electron chi connectivity index (χ0n) is 13.0. The Hall–Kier alpha value is -1.52. The molecule has 0 saturated heterocycles. The van der Waals surface area contributed by atoms with Gasteiger partial charge in [-0.05, 0) is 6.92 Å². The molecule has 0 fully saturated rings. The first-order valence-corrected chi connectivity index (χ1v) is 6.38. The molecule has 0 amide bonds. The van der Waals surface area contributed by atoms with Gasteiger partial charge in [0.2, 0.25) is 0 Å². The molecule has 0 aliphatic heterocycles. The van der Waals surface area contributed by atoms with Crippen molar-refractivity contribution in [1.29, 1.82) is 0 Å². The van der Waals surface area contributed by atoms with E-state index < -0.39 is 66.8 Å². The maximum absolute atomic E-state index is 13.2. The molecule has 0 spiro atoms. The molecule has 29 heavy (non-hydrogen) atoms. The Balaban J connectivity index is 6.80. The van der Waals surface area contributed by atoms with Crippen LogP contribution in [0.15, 0.2) is 0 Å². The Morgan fingerprint density at radius 1 is 0.517 bits per heavy atom. The van der Waals surface area contributed by atoms with Gasteiger partial charge in [0.1, 0.15) is 0 Å².